The Morgan fingerprint density at radius 2 is 2.22 bits per heavy atom. The SMILES string of the molecule is CC[C@H](OC)C(=O)NCc1cc2n(n1)CCCN(CC(C)C)C2. The molecule has 6 nitrogen and oxygen atoms in total. The molecule has 1 aromatic rings. The van der Waals surface area contributed by atoms with Crippen molar-refractivity contribution in [2.45, 2.75) is 59.4 Å². The predicted octanol–water partition coefficient (Wildman–Crippen LogP) is 1.79. The lowest BCUT2D eigenvalue weighted by Crippen LogP contribution is -2.35. The minimum absolute atomic E-state index is 0.0698. The minimum Gasteiger partial charge on any atom is -0.372 e. The zero-order valence-corrected chi connectivity index (χ0v) is 14.8. The van der Waals surface area contributed by atoms with Crippen LogP contribution in [0.15, 0.2) is 6.07 Å². The number of rotatable bonds is 7. The number of amides is 1. The second-order valence-electron chi connectivity index (χ2n) is 6.68. The Kier molecular flexibility index (Phi) is 6.59. The van der Waals surface area contributed by atoms with E-state index in [9.17, 15) is 4.79 Å². The van der Waals surface area contributed by atoms with E-state index in [0.717, 1.165) is 38.3 Å². The maximum Gasteiger partial charge on any atom is 0.249 e. The molecule has 1 aromatic heterocycles. The van der Waals surface area contributed by atoms with Gasteiger partial charge >= 0.3 is 0 Å². The number of nitrogens with one attached hydrogen (secondary N) is 1. The maximum atomic E-state index is 12.0. The molecule has 1 aliphatic heterocycles. The highest BCUT2D eigenvalue weighted by molar-refractivity contribution is 5.80. The fourth-order valence-electron chi connectivity index (χ4n) is 3.10. The first-order valence-corrected chi connectivity index (χ1v) is 8.62. The summed E-state index contributed by atoms with van der Waals surface area (Å²) in [6.07, 6.45) is 1.41. The van der Waals surface area contributed by atoms with Crippen LogP contribution in [0.25, 0.3) is 0 Å². The molecule has 0 aliphatic carbocycles. The van der Waals surface area contributed by atoms with Gasteiger partial charge in [-0.15, -0.1) is 0 Å². The lowest BCUT2D eigenvalue weighted by atomic mass is 10.2. The molecule has 23 heavy (non-hydrogen) atoms. The molecule has 0 saturated heterocycles. The zero-order valence-electron chi connectivity index (χ0n) is 14.8. The molecule has 1 N–H and O–H groups in total. The van der Waals surface area contributed by atoms with Crippen LogP contribution in [0.2, 0.25) is 0 Å². The van der Waals surface area contributed by atoms with Gasteiger partial charge < -0.3 is 10.1 Å². The topological polar surface area (TPSA) is 59.4 Å². The first kappa shape index (κ1) is 17.9. The first-order valence-electron chi connectivity index (χ1n) is 8.62. The highest BCUT2D eigenvalue weighted by Gasteiger charge is 2.19. The van der Waals surface area contributed by atoms with Gasteiger partial charge in [-0.1, -0.05) is 20.8 Å². The summed E-state index contributed by atoms with van der Waals surface area (Å²) in [6.45, 7) is 11.0. The predicted molar refractivity (Wildman–Crippen MR) is 89.9 cm³/mol. The van der Waals surface area contributed by atoms with Crippen molar-refractivity contribution in [1.82, 2.24) is 20.0 Å². The Labute approximate surface area is 139 Å². The molecule has 130 valence electrons. The average Bonchev–Trinajstić information content (AvgIpc) is 2.78. The highest BCUT2D eigenvalue weighted by Crippen LogP contribution is 2.15. The average molecular weight is 322 g/mol. The summed E-state index contributed by atoms with van der Waals surface area (Å²) in [5.74, 6) is 0.600. The van der Waals surface area contributed by atoms with E-state index in [2.05, 4.69) is 39.9 Å². The molecule has 1 amide bonds. The van der Waals surface area contributed by atoms with Crippen molar-refractivity contribution in [2.75, 3.05) is 20.2 Å². The number of hydrogen-bond acceptors (Lipinski definition) is 4. The summed E-state index contributed by atoms with van der Waals surface area (Å²) in [5.41, 5.74) is 2.16. The lowest BCUT2D eigenvalue weighted by Gasteiger charge is -2.21. The van der Waals surface area contributed by atoms with Crippen molar-refractivity contribution >= 4 is 5.91 Å². The molecule has 2 heterocycles. The van der Waals surface area contributed by atoms with Gasteiger partial charge in [0.2, 0.25) is 5.91 Å². The van der Waals surface area contributed by atoms with E-state index in [1.807, 2.05) is 6.92 Å². The lowest BCUT2D eigenvalue weighted by molar-refractivity contribution is -0.131. The molecule has 0 fully saturated rings. The van der Waals surface area contributed by atoms with Gasteiger partial charge in [-0.25, -0.2) is 0 Å². The van der Waals surface area contributed by atoms with Crippen molar-refractivity contribution in [3.63, 3.8) is 0 Å². The molecule has 0 unspecified atom stereocenters. The number of nitrogens with zero attached hydrogens (tertiary/aromatic N) is 3. The highest BCUT2D eigenvalue weighted by atomic mass is 16.5. The Balaban J connectivity index is 1.95. The van der Waals surface area contributed by atoms with Crippen molar-refractivity contribution in [3.8, 4) is 0 Å². The van der Waals surface area contributed by atoms with E-state index in [1.54, 1.807) is 7.11 Å². The molecule has 0 spiro atoms. The van der Waals surface area contributed by atoms with Crippen LogP contribution in [-0.2, 0) is 29.2 Å². The standard InChI is InChI=1S/C17H30N4O2/c1-5-16(23-4)17(22)18-10-14-9-15-12-20(11-13(2)3)7-6-8-21(15)19-14/h9,13,16H,5-8,10-12H2,1-4H3,(H,18,22)/t16-/m0/s1. The molecular formula is C17H30N4O2. The second kappa shape index (κ2) is 8.45. The number of ether oxygens (including phenoxy) is 1. The van der Waals surface area contributed by atoms with Crippen LogP contribution in [0.4, 0.5) is 0 Å². The number of hydrogen-bond donors (Lipinski definition) is 1. The van der Waals surface area contributed by atoms with Gasteiger partial charge in [0.1, 0.15) is 6.10 Å². The Morgan fingerprint density at radius 1 is 1.43 bits per heavy atom. The Bertz CT molecular complexity index is 509. The van der Waals surface area contributed by atoms with E-state index < -0.39 is 0 Å². The number of carbonyl (C=O) groups excluding carboxylic acids is 1. The fourth-order valence-corrected chi connectivity index (χ4v) is 3.10. The van der Waals surface area contributed by atoms with E-state index in [0.29, 0.717) is 18.9 Å². The summed E-state index contributed by atoms with van der Waals surface area (Å²) in [6, 6.07) is 2.12. The number of aryl methyl sites for hydroxylation is 1. The molecule has 2 rings (SSSR count). The van der Waals surface area contributed by atoms with Gasteiger partial charge in [0.05, 0.1) is 17.9 Å². The summed E-state index contributed by atoms with van der Waals surface area (Å²) in [5, 5.41) is 7.56. The largest absolute Gasteiger partial charge is 0.372 e. The van der Waals surface area contributed by atoms with E-state index >= 15 is 0 Å². The first-order chi connectivity index (χ1) is 11.0. The van der Waals surface area contributed by atoms with Crippen LogP contribution in [0, 0.1) is 5.92 Å². The van der Waals surface area contributed by atoms with Crippen molar-refractivity contribution in [1.29, 1.82) is 0 Å². The third-order valence-electron chi connectivity index (χ3n) is 4.16. The van der Waals surface area contributed by atoms with Gasteiger partial charge in [0.15, 0.2) is 0 Å². The van der Waals surface area contributed by atoms with Gasteiger partial charge in [0.25, 0.3) is 0 Å². The van der Waals surface area contributed by atoms with Crippen LogP contribution in [0.3, 0.4) is 0 Å². The maximum absolute atomic E-state index is 12.0. The smallest absolute Gasteiger partial charge is 0.249 e. The minimum atomic E-state index is -0.378. The molecule has 1 aliphatic rings. The molecular weight excluding hydrogens is 292 g/mol. The van der Waals surface area contributed by atoms with Crippen LogP contribution >= 0.6 is 0 Å². The normalized spacial score (nSPS) is 16.9. The number of fused-ring (bicyclic) bond motifs is 1. The third-order valence-corrected chi connectivity index (χ3v) is 4.16. The fraction of sp³-hybridized carbons (Fsp3) is 0.765. The summed E-state index contributed by atoms with van der Waals surface area (Å²) < 4.78 is 7.25. The van der Waals surface area contributed by atoms with Gasteiger partial charge in [-0.3, -0.25) is 14.4 Å². The molecule has 0 aromatic carbocycles. The number of aromatic nitrogens is 2. The van der Waals surface area contributed by atoms with E-state index in [4.69, 9.17) is 4.74 Å². The van der Waals surface area contributed by atoms with Gasteiger partial charge in [0, 0.05) is 33.3 Å². The zero-order chi connectivity index (χ0) is 16.8. The molecule has 0 saturated carbocycles. The van der Waals surface area contributed by atoms with Crippen LogP contribution in [-0.4, -0.2) is 46.9 Å². The summed E-state index contributed by atoms with van der Waals surface area (Å²) in [4.78, 5) is 14.5. The van der Waals surface area contributed by atoms with Crippen LogP contribution in [0.5, 0.6) is 0 Å². The van der Waals surface area contributed by atoms with E-state index in [-0.39, 0.29) is 12.0 Å². The van der Waals surface area contributed by atoms with E-state index in [1.165, 1.54) is 5.69 Å². The second-order valence-corrected chi connectivity index (χ2v) is 6.68. The molecule has 0 bridgehead atoms. The number of methoxy groups -OCH3 is 1. The monoisotopic (exact) mass is 322 g/mol. The van der Waals surface area contributed by atoms with Crippen molar-refractivity contribution in [2.24, 2.45) is 5.92 Å². The van der Waals surface area contributed by atoms with Crippen molar-refractivity contribution in [3.05, 3.63) is 17.5 Å². The summed E-state index contributed by atoms with van der Waals surface area (Å²) >= 11 is 0. The Morgan fingerprint density at radius 3 is 2.87 bits per heavy atom. The quantitative estimate of drug-likeness (QED) is 0.831. The molecule has 6 heteroatoms. The number of carbonyl (C=O) groups is 1. The molecule has 0 radical (unpaired) electrons. The molecule has 1 atom stereocenters. The Hall–Kier alpha value is -1.40. The summed E-state index contributed by atoms with van der Waals surface area (Å²) in [7, 11) is 1.57. The van der Waals surface area contributed by atoms with Crippen molar-refractivity contribution < 1.29 is 9.53 Å². The third kappa shape index (κ3) is 5.04. The van der Waals surface area contributed by atoms with Crippen LogP contribution in [0.1, 0.15) is 45.0 Å². The van der Waals surface area contributed by atoms with Gasteiger partial charge in [-0.05, 0) is 24.8 Å². The van der Waals surface area contributed by atoms with Gasteiger partial charge in [-0.2, -0.15) is 5.10 Å². The van der Waals surface area contributed by atoms with Crippen LogP contribution < -0.4 is 5.32 Å².